The third kappa shape index (κ3) is 3.73. The number of rotatable bonds is 6. The van der Waals surface area contributed by atoms with Gasteiger partial charge in [0.25, 0.3) is 11.5 Å². The summed E-state index contributed by atoms with van der Waals surface area (Å²) in [6.07, 6.45) is 0. The molecule has 4 aromatic rings. The number of nitrogens with one attached hydrogen (secondary N) is 1. The quantitative estimate of drug-likeness (QED) is 0.422. The topological polar surface area (TPSA) is 103 Å². The number of carbonyl (C=O) groups is 3. The van der Waals surface area contributed by atoms with Gasteiger partial charge in [-0.05, 0) is 6.07 Å². The van der Waals surface area contributed by atoms with E-state index < -0.39 is 11.5 Å². The minimum atomic E-state index is -0.411. The molecule has 0 saturated carbocycles. The molecule has 0 bridgehead atoms. The van der Waals surface area contributed by atoms with E-state index in [2.05, 4.69) is 5.32 Å². The van der Waals surface area contributed by atoms with Crippen LogP contribution in [0.25, 0.3) is 21.8 Å². The summed E-state index contributed by atoms with van der Waals surface area (Å²) in [5.74, 6) is -0.478. The van der Waals surface area contributed by atoms with E-state index in [1.54, 1.807) is 46.8 Å². The average molecular weight is 487 g/mol. The summed E-state index contributed by atoms with van der Waals surface area (Å²) in [4.78, 5) is 53.3. The van der Waals surface area contributed by atoms with E-state index in [-0.39, 0.29) is 41.1 Å². The van der Waals surface area contributed by atoms with Crippen LogP contribution in [0, 0.1) is 0 Å². The van der Waals surface area contributed by atoms with Crippen molar-refractivity contribution in [3.8, 4) is 5.75 Å². The zero-order valence-electron chi connectivity index (χ0n) is 20.3. The maximum atomic E-state index is 13.8. The summed E-state index contributed by atoms with van der Waals surface area (Å²) >= 11 is 0. The van der Waals surface area contributed by atoms with Crippen LogP contribution in [-0.2, 0) is 18.4 Å². The van der Waals surface area contributed by atoms with Crippen molar-refractivity contribution in [1.82, 2.24) is 19.4 Å². The fourth-order valence-corrected chi connectivity index (χ4v) is 4.88. The molecule has 3 heterocycles. The van der Waals surface area contributed by atoms with Gasteiger partial charge in [-0.2, -0.15) is 0 Å². The third-order valence-electron chi connectivity index (χ3n) is 6.74. The Hall–Kier alpha value is -4.40. The van der Waals surface area contributed by atoms with Gasteiger partial charge in [0.2, 0.25) is 5.91 Å². The lowest BCUT2D eigenvalue weighted by atomic mass is 10.1. The van der Waals surface area contributed by atoms with Crippen LogP contribution in [0.3, 0.4) is 0 Å². The second-order valence-electron chi connectivity index (χ2n) is 8.96. The summed E-state index contributed by atoms with van der Waals surface area (Å²) in [6, 6.07) is 15.9. The van der Waals surface area contributed by atoms with Crippen LogP contribution < -0.4 is 15.6 Å². The van der Waals surface area contributed by atoms with Crippen molar-refractivity contribution in [3.05, 3.63) is 76.2 Å². The summed E-state index contributed by atoms with van der Waals surface area (Å²) in [6.45, 7) is 2.21. The van der Waals surface area contributed by atoms with Crippen LogP contribution in [0.5, 0.6) is 5.75 Å². The van der Waals surface area contributed by atoms with Gasteiger partial charge in [-0.1, -0.05) is 48.5 Å². The molecule has 9 heteroatoms. The van der Waals surface area contributed by atoms with Gasteiger partial charge >= 0.3 is 0 Å². The molecule has 0 radical (unpaired) electrons. The van der Waals surface area contributed by atoms with Crippen LogP contribution in [0.4, 0.5) is 0 Å². The number of hydrogen-bond acceptors (Lipinski definition) is 5. The summed E-state index contributed by atoms with van der Waals surface area (Å²) in [5.41, 5.74) is 1.45. The molecule has 2 aromatic heterocycles. The van der Waals surface area contributed by atoms with Crippen molar-refractivity contribution in [2.24, 2.45) is 7.05 Å². The standard InChI is InChI=1S/C27H26N4O5/c1-16(32)30-13-18(14-30)28-26(34)24-25(36-3)22-23(29(24)2)19-11-7-8-12-20(19)31(27(22)35)15-21(33)17-9-5-4-6-10-17/h4-12,18H,13-15H2,1-3H3,(H,28,34). The minimum absolute atomic E-state index is 0.0419. The van der Waals surface area contributed by atoms with Gasteiger partial charge in [-0.3, -0.25) is 23.7 Å². The second-order valence-corrected chi connectivity index (χ2v) is 8.96. The number of para-hydroxylation sites is 1. The molecule has 1 saturated heterocycles. The Balaban J connectivity index is 1.64. The number of aryl methyl sites for hydroxylation is 1. The predicted octanol–water partition coefficient (Wildman–Crippen LogP) is 2.35. The van der Waals surface area contributed by atoms with E-state index in [1.807, 2.05) is 24.3 Å². The average Bonchev–Trinajstić information content (AvgIpc) is 3.16. The number of ketones is 1. The molecular formula is C27H26N4O5. The Kier molecular flexibility index (Phi) is 5.83. The summed E-state index contributed by atoms with van der Waals surface area (Å²) in [5, 5.41) is 3.89. The number of methoxy groups -OCH3 is 1. The van der Waals surface area contributed by atoms with Crippen LogP contribution in [0.1, 0.15) is 27.8 Å². The van der Waals surface area contributed by atoms with Gasteiger partial charge in [-0.15, -0.1) is 0 Å². The highest BCUT2D eigenvalue weighted by Gasteiger charge is 2.33. The number of hydrogen-bond donors (Lipinski definition) is 1. The SMILES string of the molecule is COc1c(C(=O)NC2CN(C(C)=O)C2)n(C)c2c1c(=O)n(CC(=O)c1ccccc1)c1ccccc21. The van der Waals surface area contributed by atoms with Crippen molar-refractivity contribution in [2.75, 3.05) is 20.2 Å². The number of carbonyl (C=O) groups excluding carboxylic acids is 3. The van der Waals surface area contributed by atoms with Crippen LogP contribution in [-0.4, -0.2) is 57.9 Å². The molecule has 184 valence electrons. The highest BCUT2D eigenvalue weighted by atomic mass is 16.5. The molecule has 0 aliphatic carbocycles. The highest BCUT2D eigenvalue weighted by Crippen LogP contribution is 2.34. The molecule has 0 spiro atoms. The molecule has 1 N–H and O–H groups in total. The Morgan fingerprint density at radius 3 is 2.36 bits per heavy atom. The second kappa shape index (κ2) is 8.99. The van der Waals surface area contributed by atoms with Crippen molar-refractivity contribution in [2.45, 2.75) is 19.5 Å². The zero-order valence-corrected chi connectivity index (χ0v) is 20.3. The lowest BCUT2D eigenvalue weighted by Crippen LogP contribution is -2.60. The molecule has 2 aromatic carbocycles. The fourth-order valence-electron chi connectivity index (χ4n) is 4.88. The monoisotopic (exact) mass is 486 g/mol. The molecule has 0 unspecified atom stereocenters. The Morgan fingerprint density at radius 2 is 1.69 bits per heavy atom. The fraction of sp³-hybridized carbons (Fsp3) is 0.259. The maximum Gasteiger partial charge on any atom is 0.272 e. The van der Waals surface area contributed by atoms with Gasteiger partial charge in [0.15, 0.2) is 17.2 Å². The first-order valence-corrected chi connectivity index (χ1v) is 11.6. The normalized spacial score (nSPS) is 13.6. The van der Waals surface area contributed by atoms with E-state index in [9.17, 15) is 19.2 Å². The highest BCUT2D eigenvalue weighted by molar-refractivity contribution is 6.12. The molecular weight excluding hydrogens is 460 g/mol. The predicted molar refractivity (Wildman–Crippen MR) is 136 cm³/mol. The molecule has 36 heavy (non-hydrogen) atoms. The van der Waals surface area contributed by atoms with Crippen LogP contribution in [0.2, 0.25) is 0 Å². The van der Waals surface area contributed by atoms with E-state index in [1.165, 1.54) is 18.6 Å². The van der Waals surface area contributed by atoms with E-state index in [0.29, 0.717) is 29.7 Å². The van der Waals surface area contributed by atoms with Gasteiger partial charge in [0, 0.05) is 38.0 Å². The van der Waals surface area contributed by atoms with Gasteiger partial charge < -0.3 is 19.5 Å². The molecule has 9 nitrogen and oxygen atoms in total. The summed E-state index contributed by atoms with van der Waals surface area (Å²) < 4.78 is 8.73. The number of Topliss-reactive ketones (excluding diaryl/α,β-unsaturated/α-hetero) is 1. The Morgan fingerprint density at radius 1 is 1.03 bits per heavy atom. The number of fused-ring (bicyclic) bond motifs is 3. The van der Waals surface area contributed by atoms with Crippen molar-refractivity contribution >= 4 is 39.4 Å². The van der Waals surface area contributed by atoms with Crippen molar-refractivity contribution < 1.29 is 19.1 Å². The van der Waals surface area contributed by atoms with E-state index in [0.717, 1.165) is 5.39 Å². The first-order valence-electron chi connectivity index (χ1n) is 11.6. The molecule has 2 amide bonds. The lowest BCUT2D eigenvalue weighted by molar-refractivity contribution is -0.133. The van der Waals surface area contributed by atoms with Crippen molar-refractivity contribution in [3.63, 3.8) is 0 Å². The first-order chi connectivity index (χ1) is 17.3. The number of aromatic nitrogens is 2. The maximum absolute atomic E-state index is 13.8. The van der Waals surface area contributed by atoms with Crippen molar-refractivity contribution in [1.29, 1.82) is 0 Å². The Labute approximate surface area is 206 Å². The molecule has 0 atom stereocenters. The largest absolute Gasteiger partial charge is 0.493 e. The third-order valence-corrected chi connectivity index (χ3v) is 6.74. The zero-order chi connectivity index (χ0) is 25.6. The van der Waals surface area contributed by atoms with E-state index in [4.69, 9.17) is 4.74 Å². The number of amides is 2. The number of ether oxygens (including phenoxy) is 1. The molecule has 1 aliphatic heterocycles. The van der Waals surface area contributed by atoms with Gasteiger partial charge in [0.1, 0.15) is 5.39 Å². The molecule has 1 aliphatic rings. The minimum Gasteiger partial charge on any atom is -0.493 e. The smallest absolute Gasteiger partial charge is 0.272 e. The Bertz CT molecular complexity index is 1580. The number of benzene rings is 2. The number of pyridine rings is 1. The van der Waals surface area contributed by atoms with Gasteiger partial charge in [0.05, 0.1) is 30.7 Å². The lowest BCUT2D eigenvalue weighted by Gasteiger charge is -2.38. The molecule has 1 fully saturated rings. The molecule has 5 rings (SSSR count). The van der Waals surface area contributed by atoms with Crippen LogP contribution >= 0.6 is 0 Å². The van der Waals surface area contributed by atoms with E-state index >= 15 is 0 Å². The van der Waals surface area contributed by atoms with Gasteiger partial charge in [-0.25, -0.2) is 0 Å². The number of nitrogens with zero attached hydrogens (tertiary/aromatic N) is 3. The first kappa shape index (κ1) is 23.3. The summed E-state index contributed by atoms with van der Waals surface area (Å²) in [7, 11) is 3.13. The van der Waals surface area contributed by atoms with Crippen LogP contribution in [0.15, 0.2) is 59.4 Å². The number of likely N-dealkylation sites (tertiary alicyclic amines) is 1.